The molecule has 0 radical (unpaired) electrons. The third-order valence-electron chi connectivity index (χ3n) is 4.90. The van der Waals surface area contributed by atoms with Crippen LogP contribution >= 0.6 is 0 Å². The second kappa shape index (κ2) is 7.23. The number of ether oxygens (including phenoxy) is 1. The van der Waals surface area contributed by atoms with Crippen LogP contribution in [0.25, 0.3) is 0 Å². The molecule has 0 bridgehead atoms. The second-order valence-electron chi connectivity index (χ2n) is 6.42. The van der Waals surface area contributed by atoms with Crippen LogP contribution in [0, 0.1) is 11.7 Å². The van der Waals surface area contributed by atoms with Crippen LogP contribution in [0.1, 0.15) is 43.6 Å². The Balaban J connectivity index is 1.69. The van der Waals surface area contributed by atoms with Crippen LogP contribution in [-0.2, 0) is 9.53 Å². The van der Waals surface area contributed by atoms with Gasteiger partial charge in [0.25, 0.3) is 0 Å². The molecule has 2 aliphatic heterocycles. The molecule has 4 heteroatoms. The van der Waals surface area contributed by atoms with Crippen LogP contribution in [0.3, 0.4) is 0 Å². The zero-order chi connectivity index (χ0) is 15.4. The molecule has 0 spiro atoms. The van der Waals surface area contributed by atoms with Crippen molar-refractivity contribution in [1.82, 2.24) is 4.90 Å². The van der Waals surface area contributed by atoms with Crippen LogP contribution in [0.4, 0.5) is 4.39 Å². The lowest BCUT2D eigenvalue weighted by atomic mass is 9.93. The van der Waals surface area contributed by atoms with Gasteiger partial charge in [0.05, 0.1) is 0 Å². The average Bonchev–Trinajstić information content (AvgIpc) is 2.82. The van der Waals surface area contributed by atoms with Gasteiger partial charge >= 0.3 is 0 Å². The second-order valence-corrected chi connectivity index (χ2v) is 6.42. The number of likely N-dealkylation sites (tertiary alicyclic amines) is 1. The van der Waals surface area contributed by atoms with E-state index >= 15 is 0 Å². The molecule has 1 aromatic rings. The maximum Gasteiger partial charge on any atom is 0.225 e. The molecule has 1 amide bonds. The topological polar surface area (TPSA) is 29.5 Å². The fourth-order valence-electron chi connectivity index (χ4n) is 3.55. The number of hydrogen-bond donors (Lipinski definition) is 0. The number of benzene rings is 1. The van der Waals surface area contributed by atoms with Gasteiger partial charge in [-0.05, 0) is 43.4 Å². The van der Waals surface area contributed by atoms with Crippen molar-refractivity contribution in [3.8, 4) is 0 Å². The highest BCUT2D eigenvalue weighted by Crippen LogP contribution is 2.28. The Morgan fingerprint density at radius 3 is 2.55 bits per heavy atom. The summed E-state index contributed by atoms with van der Waals surface area (Å²) in [6, 6.07) is 6.76. The Morgan fingerprint density at radius 1 is 1.09 bits per heavy atom. The molecule has 22 heavy (non-hydrogen) atoms. The lowest BCUT2D eigenvalue weighted by Gasteiger charge is -2.30. The summed E-state index contributed by atoms with van der Waals surface area (Å²) in [6.45, 7) is 3.02. The van der Waals surface area contributed by atoms with Gasteiger partial charge in [0.15, 0.2) is 0 Å². The first-order valence-electron chi connectivity index (χ1n) is 8.36. The van der Waals surface area contributed by atoms with Gasteiger partial charge in [0.2, 0.25) is 5.91 Å². The van der Waals surface area contributed by atoms with E-state index in [-0.39, 0.29) is 17.6 Å². The van der Waals surface area contributed by atoms with Crippen LogP contribution in [-0.4, -0.2) is 37.1 Å². The van der Waals surface area contributed by atoms with E-state index in [9.17, 15) is 9.18 Å². The normalized spacial score (nSPS) is 24.0. The van der Waals surface area contributed by atoms with E-state index in [1.54, 1.807) is 0 Å². The third kappa shape index (κ3) is 3.67. The molecule has 2 aliphatic rings. The summed E-state index contributed by atoms with van der Waals surface area (Å²) in [5.41, 5.74) is 1.15. The fourth-order valence-corrected chi connectivity index (χ4v) is 3.55. The minimum atomic E-state index is -0.201. The maximum absolute atomic E-state index is 13.1. The molecule has 2 fully saturated rings. The minimum absolute atomic E-state index is 0.126. The summed E-state index contributed by atoms with van der Waals surface area (Å²) in [5.74, 6) is 0.539. The summed E-state index contributed by atoms with van der Waals surface area (Å²) in [6.07, 6.45) is 4.95. The monoisotopic (exact) mass is 305 g/mol. The molecule has 0 aliphatic carbocycles. The van der Waals surface area contributed by atoms with Crippen LogP contribution in [0.15, 0.2) is 24.3 Å². The van der Waals surface area contributed by atoms with Gasteiger partial charge < -0.3 is 9.64 Å². The van der Waals surface area contributed by atoms with Gasteiger partial charge in [-0.25, -0.2) is 4.39 Å². The zero-order valence-electron chi connectivity index (χ0n) is 13.0. The van der Waals surface area contributed by atoms with Crippen molar-refractivity contribution in [3.63, 3.8) is 0 Å². The van der Waals surface area contributed by atoms with E-state index in [0.717, 1.165) is 50.8 Å². The van der Waals surface area contributed by atoms with Crippen LogP contribution < -0.4 is 0 Å². The Hall–Kier alpha value is -1.42. The van der Waals surface area contributed by atoms with Crippen molar-refractivity contribution in [1.29, 1.82) is 0 Å². The van der Waals surface area contributed by atoms with Crippen molar-refractivity contribution < 1.29 is 13.9 Å². The molecule has 0 aromatic heterocycles. The number of halogens is 1. The van der Waals surface area contributed by atoms with Gasteiger partial charge in [-0.15, -0.1) is 0 Å². The van der Waals surface area contributed by atoms with E-state index in [2.05, 4.69) is 0 Å². The standard InChI is InChI=1S/C18H24FNO2/c19-17-6-4-14(5-7-17)16-3-1-2-10-20(13-16)18(21)15-8-11-22-12-9-15/h4-7,15-16H,1-3,8-13H2/t16-/m0/s1. The quantitative estimate of drug-likeness (QED) is 0.838. The smallest absolute Gasteiger partial charge is 0.225 e. The molecule has 3 nitrogen and oxygen atoms in total. The Kier molecular flexibility index (Phi) is 5.08. The number of hydrogen-bond acceptors (Lipinski definition) is 2. The molecular formula is C18H24FNO2. The first-order chi connectivity index (χ1) is 10.7. The van der Waals surface area contributed by atoms with E-state index in [0.29, 0.717) is 19.1 Å². The van der Waals surface area contributed by atoms with Gasteiger partial charge in [0, 0.05) is 38.1 Å². The van der Waals surface area contributed by atoms with E-state index in [1.165, 1.54) is 12.1 Å². The van der Waals surface area contributed by atoms with E-state index < -0.39 is 0 Å². The molecule has 0 unspecified atom stereocenters. The lowest BCUT2D eigenvalue weighted by Crippen LogP contribution is -2.40. The highest BCUT2D eigenvalue weighted by Gasteiger charge is 2.29. The average molecular weight is 305 g/mol. The van der Waals surface area contributed by atoms with Crippen molar-refractivity contribution in [2.45, 2.75) is 38.0 Å². The predicted molar refractivity (Wildman–Crippen MR) is 83.1 cm³/mol. The summed E-state index contributed by atoms with van der Waals surface area (Å²) in [5, 5.41) is 0. The number of carbonyl (C=O) groups is 1. The number of rotatable bonds is 2. The highest BCUT2D eigenvalue weighted by molar-refractivity contribution is 5.79. The summed E-state index contributed by atoms with van der Waals surface area (Å²) >= 11 is 0. The predicted octanol–water partition coefficient (Wildman–Crippen LogP) is 3.35. The molecule has 0 N–H and O–H groups in total. The fraction of sp³-hybridized carbons (Fsp3) is 0.611. The van der Waals surface area contributed by atoms with Gasteiger partial charge in [0.1, 0.15) is 5.82 Å². The molecular weight excluding hydrogens is 281 g/mol. The van der Waals surface area contributed by atoms with Crippen molar-refractivity contribution in [3.05, 3.63) is 35.6 Å². The largest absolute Gasteiger partial charge is 0.381 e. The lowest BCUT2D eigenvalue weighted by molar-refractivity contribution is -0.138. The molecule has 1 atom stereocenters. The molecule has 2 heterocycles. The molecule has 120 valence electrons. The SMILES string of the molecule is O=C(C1CCOCC1)N1CCCC[C@H](c2ccc(F)cc2)C1. The number of amides is 1. The number of nitrogens with zero attached hydrogens (tertiary/aromatic N) is 1. The molecule has 0 saturated carbocycles. The van der Waals surface area contributed by atoms with Crippen LogP contribution in [0.2, 0.25) is 0 Å². The third-order valence-corrected chi connectivity index (χ3v) is 4.90. The van der Waals surface area contributed by atoms with Crippen molar-refractivity contribution >= 4 is 5.91 Å². The number of carbonyl (C=O) groups excluding carboxylic acids is 1. The minimum Gasteiger partial charge on any atom is -0.381 e. The Morgan fingerprint density at radius 2 is 1.82 bits per heavy atom. The highest BCUT2D eigenvalue weighted by atomic mass is 19.1. The van der Waals surface area contributed by atoms with Crippen molar-refractivity contribution in [2.75, 3.05) is 26.3 Å². The van der Waals surface area contributed by atoms with Gasteiger partial charge in [-0.3, -0.25) is 4.79 Å². The van der Waals surface area contributed by atoms with Crippen molar-refractivity contribution in [2.24, 2.45) is 5.92 Å². The Labute approximate surface area is 131 Å². The zero-order valence-corrected chi connectivity index (χ0v) is 13.0. The maximum atomic E-state index is 13.1. The van der Waals surface area contributed by atoms with E-state index in [4.69, 9.17) is 4.74 Å². The summed E-state index contributed by atoms with van der Waals surface area (Å²) < 4.78 is 18.5. The van der Waals surface area contributed by atoms with Gasteiger partial charge in [-0.1, -0.05) is 18.6 Å². The van der Waals surface area contributed by atoms with Crippen LogP contribution in [0.5, 0.6) is 0 Å². The van der Waals surface area contributed by atoms with Gasteiger partial charge in [-0.2, -0.15) is 0 Å². The first kappa shape index (κ1) is 15.5. The molecule has 2 saturated heterocycles. The first-order valence-corrected chi connectivity index (χ1v) is 8.36. The summed E-state index contributed by atoms with van der Waals surface area (Å²) in [4.78, 5) is 14.8. The molecule has 3 rings (SSSR count). The molecule has 1 aromatic carbocycles. The summed E-state index contributed by atoms with van der Waals surface area (Å²) in [7, 11) is 0. The van der Waals surface area contributed by atoms with E-state index in [1.807, 2.05) is 17.0 Å². The Bertz CT molecular complexity index is 496.